The monoisotopic (exact) mass is 327 g/mol. The van der Waals surface area contributed by atoms with Gasteiger partial charge in [0.15, 0.2) is 4.96 Å². The molecule has 0 aliphatic carbocycles. The molecule has 3 rings (SSSR count). The van der Waals surface area contributed by atoms with Crippen molar-refractivity contribution in [3.05, 3.63) is 23.5 Å². The first-order valence-corrected chi connectivity index (χ1v) is 8.58. The molecule has 1 saturated heterocycles. The summed E-state index contributed by atoms with van der Waals surface area (Å²) < 4.78 is 2.13. The molecule has 1 aliphatic heterocycles. The SMILES string of the molecule is BrCC1CCCCCN1Cc1cn2ccsc2n1. The average molecular weight is 328 g/mol. The molecule has 98 valence electrons. The van der Waals surface area contributed by atoms with Gasteiger partial charge in [-0.3, -0.25) is 9.30 Å². The molecule has 1 atom stereocenters. The summed E-state index contributed by atoms with van der Waals surface area (Å²) in [6.07, 6.45) is 9.63. The lowest BCUT2D eigenvalue weighted by atomic mass is 10.1. The number of halogens is 1. The Morgan fingerprint density at radius 2 is 2.33 bits per heavy atom. The molecule has 0 saturated carbocycles. The number of likely N-dealkylation sites (tertiary alicyclic amines) is 1. The van der Waals surface area contributed by atoms with Gasteiger partial charge in [-0.15, -0.1) is 11.3 Å². The number of alkyl halides is 1. The second-order valence-electron chi connectivity index (χ2n) is 4.95. The third-order valence-corrected chi connectivity index (χ3v) is 5.20. The largest absolute Gasteiger partial charge is 0.297 e. The van der Waals surface area contributed by atoms with Crippen molar-refractivity contribution >= 4 is 32.2 Å². The molecule has 1 aliphatic rings. The first-order chi connectivity index (χ1) is 8.86. The molecule has 0 radical (unpaired) electrons. The minimum Gasteiger partial charge on any atom is -0.297 e. The van der Waals surface area contributed by atoms with Gasteiger partial charge in [0.05, 0.1) is 5.69 Å². The summed E-state index contributed by atoms with van der Waals surface area (Å²) in [5, 5.41) is 3.16. The summed E-state index contributed by atoms with van der Waals surface area (Å²) in [5.74, 6) is 0. The lowest BCUT2D eigenvalue weighted by Crippen LogP contribution is -2.35. The van der Waals surface area contributed by atoms with E-state index in [2.05, 4.69) is 43.0 Å². The van der Waals surface area contributed by atoms with E-state index in [4.69, 9.17) is 4.98 Å². The van der Waals surface area contributed by atoms with Crippen LogP contribution in [0.1, 0.15) is 31.4 Å². The molecular weight excluding hydrogens is 310 g/mol. The number of imidazole rings is 1. The van der Waals surface area contributed by atoms with E-state index in [1.807, 2.05) is 0 Å². The highest BCUT2D eigenvalue weighted by Crippen LogP contribution is 2.21. The van der Waals surface area contributed by atoms with E-state index in [1.165, 1.54) is 37.9 Å². The fourth-order valence-electron chi connectivity index (χ4n) is 2.68. The molecule has 0 aromatic carbocycles. The van der Waals surface area contributed by atoms with Crippen LogP contribution in [0.4, 0.5) is 0 Å². The van der Waals surface area contributed by atoms with Crippen LogP contribution in [0.2, 0.25) is 0 Å². The van der Waals surface area contributed by atoms with Crippen molar-refractivity contribution in [2.45, 2.75) is 38.3 Å². The first kappa shape index (κ1) is 12.6. The molecule has 0 N–H and O–H groups in total. The fraction of sp³-hybridized carbons (Fsp3) is 0.615. The van der Waals surface area contributed by atoms with Crippen molar-refractivity contribution in [3.63, 3.8) is 0 Å². The maximum Gasteiger partial charge on any atom is 0.193 e. The minimum atomic E-state index is 0.673. The van der Waals surface area contributed by atoms with Gasteiger partial charge in [-0.25, -0.2) is 4.98 Å². The quantitative estimate of drug-likeness (QED) is 0.804. The predicted molar refractivity (Wildman–Crippen MR) is 79.5 cm³/mol. The highest BCUT2D eigenvalue weighted by atomic mass is 79.9. The third kappa shape index (κ3) is 2.63. The number of hydrogen-bond acceptors (Lipinski definition) is 3. The Morgan fingerprint density at radius 1 is 1.39 bits per heavy atom. The number of aromatic nitrogens is 2. The van der Waals surface area contributed by atoms with Crippen molar-refractivity contribution in [3.8, 4) is 0 Å². The topological polar surface area (TPSA) is 20.5 Å². The third-order valence-electron chi connectivity index (χ3n) is 3.69. The summed E-state index contributed by atoms with van der Waals surface area (Å²) in [6, 6.07) is 0.673. The Hall–Kier alpha value is -0.390. The number of nitrogens with zero attached hydrogens (tertiary/aromatic N) is 3. The van der Waals surface area contributed by atoms with Gasteiger partial charge in [0, 0.05) is 35.7 Å². The van der Waals surface area contributed by atoms with Crippen LogP contribution in [0.25, 0.3) is 4.96 Å². The lowest BCUT2D eigenvalue weighted by molar-refractivity contribution is 0.207. The van der Waals surface area contributed by atoms with Crippen molar-refractivity contribution < 1.29 is 0 Å². The smallest absolute Gasteiger partial charge is 0.193 e. The second-order valence-corrected chi connectivity index (χ2v) is 6.47. The Labute approximate surface area is 120 Å². The summed E-state index contributed by atoms with van der Waals surface area (Å²) in [5.41, 5.74) is 1.20. The van der Waals surface area contributed by atoms with Crippen LogP contribution >= 0.6 is 27.3 Å². The number of thiazole rings is 1. The predicted octanol–water partition coefficient (Wildman–Crippen LogP) is 3.54. The van der Waals surface area contributed by atoms with Gasteiger partial charge in [0.2, 0.25) is 0 Å². The molecule has 3 nitrogen and oxygen atoms in total. The first-order valence-electron chi connectivity index (χ1n) is 6.58. The average Bonchev–Trinajstić information content (AvgIpc) is 2.85. The van der Waals surface area contributed by atoms with E-state index in [9.17, 15) is 0 Å². The Kier molecular flexibility index (Phi) is 4.01. The maximum atomic E-state index is 4.69. The van der Waals surface area contributed by atoms with Gasteiger partial charge in [-0.1, -0.05) is 28.8 Å². The molecule has 18 heavy (non-hydrogen) atoms. The molecule has 1 fully saturated rings. The van der Waals surface area contributed by atoms with Gasteiger partial charge < -0.3 is 0 Å². The Morgan fingerprint density at radius 3 is 3.17 bits per heavy atom. The molecule has 5 heteroatoms. The minimum absolute atomic E-state index is 0.673. The van der Waals surface area contributed by atoms with Gasteiger partial charge in [-0.2, -0.15) is 0 Å². The van der Waals surface area contributed by atoms with Crippen molar-refractivity contribution in [2.24, 2.45) is 0 Å². The zero-order chi connectivity index (χ0) is 12.4. The van der Waals surface area contributed by atoms with Gasteiger partial charge in [0.25, 0.3) is 0 Å². The highest BCUT2D eigenvalue weighted by Gasteiger charge is 2.20. The zero-order valence-electron chi connectivity index (χ0n) is 10.4. The summed E-state index contributed by atoms with van der Waals surface area (Å²) in [4.78, 5) is 8.39. The molecule has 0 spiro atoms. The van der Waals surface area contributed by atoms with E-state index in [-0.39, 0.29) is 0 Å². The number of fused-ring (bicyclic) bond motifs is 1. The Balaban J connectivity index is 1.75. The fourth-order valence-corrected chi connectivity index (χ4v) is 4.13. The summed E-state index contributed by atoms with van der Waals surface area (Å²) in [6.45, 7) is 2.20. The summed E-state index contributed by atoms with van der Waals surface area (Å²) >= 11 is 5.37. The maximum absolute atomic E-state index is 4.69. The molecule has 1 unspecified atom stereocenters. The molecule has 3 heterocycles. The van der Waals surface area contributed by atoms with Crippen molar-refractivity contribution in [1.29, 1.82) is 0 Å². The van der Waals surface area contributed by atoms with Crippen LogP contribution in [0.5, 0.6) is 0 Å². The van der Waals surface area contributed by atoms with Crippen LogP contribution in [0.3, 0.4) is 0 Å². The van der Waals surface area contributed by atoms with Crippen LogP contribution in [0.15, 0.2) is 17.8 Å². The van der Waals surface area contributed by atoms with Crippen LogP contribution < -0.4 is 0 Å². The van der Waals surface area contributed by atoms with E-state index in [0.717, 1.165) is 16.8 Å². The van der Waals surface area contributed by atoms with Gasteiger partial charge in [0.1, 0.15) is 0 Å². The molecule has 0 bridgehead atoms. The zero-order valence-corrected chi connectivity index (χ0v) is 12.8. The highest BCUT2D eigenvalue weighted by molar-refractivity contribution is 9.09. The molecule has 0 amide bonds. The number of hydrogen-bond donors (Lipinski definition) is 0. The normalized spacial score (nSPS) is 22.4. The molecule has 2 aromatic rings. The second kappa shape index (κ2) is 5.72. The van der Waals surface area contributed by atoms with E-state index >= 15 is 0 Å². The summed E-state index contributed by atoms with van der Waals surface area (Å²) in [7, 11) is 0. The van der Waals surface area contributed by atoms with Crippen LogP contribution in [0, 0.1) is 0 Å². The lowest BCUT2D eigenvalue weighted by Gasteiger charge is -2.27. The van der Waals surface area contributed by atoms with Gasteiger partial charge >= 0.3 is 0 Å². The van der Waals surface area contributed by atoms with E-state index in [1.54, 1.807) is 11.3 Å². The Bertz CT molecular complexity index is 479. The van der Waals surface area contributed by atoms with Gasteiger partial charge in [-0.05, 0) is 19.4 Å². The van der Waals surface area contributed by atoms with E-state index < -0.39 is 0 Å². The molecular formula is C13H18BrN3S. The van der Waals surface area contributed by atoms with Crippen LogP contribution in [-0.4, -0.2) is 32.2 Å². The van der Waals surface area contributed by atoms with Crippen LogP contribution in [-0.2, 0) is 6.54 Å². The van der Waals surface area contributed by atoms with Crippen molar-refractivity contribution in [2.75, 3.05) is 11.9 Å². The van der Waals surface area contributed by atoms with Crippen molar-refractivity contribution in [1.82, 2.24) is 14.3 Å². The standard InChI is InChI=1S/C13H18BrN3S/c14-8-12-4-2-1-3-5-16(12)9-11-10-17-6-7-18-13(17)15-11/h6-7,10,12H,1-5,8-9H2. The number of rotatable bonds is 3. The van der Waals surface area contributed by atoms with E-state index in [0.29, 0.717) is 6.04 Å². The molecule has 2 aromatic heterocycles.